The van der Waals surface area contributed by atoms with Gasteiger partial charge < -0.3 is 15.8 Å². The van der Waals surface area contributed by atoms with E-state index in [9.17, 15) is 4.79 Å². The smallest absolute Gasteiger partial charge is 0.320 e. The SMILES string of the molecule is N[C@H](Cc1cnc[nH]1)C(=O)O.[Tb]. The van der Waals surface area contributed by atoms with Crippen molar-refractivity contribution in [2.75, 3.05) is 0 Å². The van der Waals surface area contributed by atoms with Crippen molar-refractivity contribution in [1.29, 1.82) is 0 Å². The first-order chi connectivity index (χ1) is 5.20. The number of carboxylic acids is 1. The van der Waals surface area contributed by atoms with E-state index >= 15 is 0 Å². The molecule has 6 heteroatoms. The van der Waals surface area contributed by atoms with Crippen molar-refractivity contribution >= 4 is 5.97 Å². The molecule has 0 aliphatic rings. The van der Waals surface area contributed by atoms with Gasteiger partial charge in [0.1, 0.15) is 6.04 Å². The molecule has 1 aromatic heterocycles. The maximum Gasteiger partial charge on any atom is 0.320 e. The molecule has 0 aromatic carbocycles. The van der Waals surface area contributed by atoms with Crippen LogP contribution in [-0.2, 0) is 11.2 Å². The molecule has 1 aromatic rings. The second-order valence-electron chi connectivity index (χ2n) is 2.23. The Kier molecular flexibility index (Phi) is 5.52. The van der Waals surface area contributed by atoms with Crippen LogP contribution >= 0.6 is 0 Å². The van der Waals surface area contributed by atoms with Gasteiger partial charge in [-0.2, -0.15) is 0 Å². The summed E-state index contributed by atoms with van der Waals surface area (Å²) in [5.74, 6) is -1.00. The van der Waals surface area contributed by atoms with Gasteiger partial charge in [0.25, 0.3) is 0 Å². The number of hydrogen-bond acceptors (Lipinski definition) is 3. The van der Waals surface area contributed by atoms with Crippen LogP contribution in [0.5, 0.6) is 0 Å². The Balaban J connectivity index is 0.00000121. The first-order valence-corrected chi connectivity index (χ1v) is 3.16. The zero-order chi connectivity index (χ0) is 8.27. The number of aliphatic carboxylic acids is 1. The van der Waals surface area contributed by atoms with Gasteiger partial charge in [0, 0.05) is 56.9 Å². The molecule has 1 rings (SSSR count). The summed E-state index contributed by atoms with van der Waals surface area (Å²) in [7, 11) is 0. The van der Waals surface area contributed by atoms with Crippen molar-refractivity contribution in [3.8, 4) is 0 Å². The third-order valence-electron chi connectivity index (χ3n) is 1.31. The van der Waals surface area contributed by atoms with E-state index < -0.39 is 12.0 Å². The van der Waals surface area contributed by atoms with Crippen LogP contribution in [0, 0.1) is 38.6 Å². The molecule has 4 N–H and O–H groups in total. The molecule has 0 spiro atoms. The topological polar surface area (TPSA) is 92.0 Å². The van der Waals surface area contributed by atoms with E-state index in [0.717, 1.165) is 5.69 Å². The molecule has 0 unspecified atom stereocenters. The van der Waals surface area contributed by atoms with Gasteiger partial charge in [-0.1, -0.05) is 0 Å². The molecule has 0 bridgehead atoms. The van der Waals surface area contributed by atoms with Crippen LogP contribution in [0.15, 0.2) is 12.5 Å². The minimum absolute atomic E-state index is 0. The minimum Gasteiger partial charge on any atom is -0.480 e. The van der Waals surface area contributed by atoms with Crippen molar-refractivity contribution in [2.45, 2.75) is 12.5 Å². The second kappa shape index (κ2) is 5.55. The molecule has 0 aliphatic carbocycles. The van der Waals surface area contributed by atoms with Crippen molar-refractivity contribution < 1.29 is 48.5 Å². The number of imidazole rings is 1. The minimum atomic E-state index is -1.00. The quantitative estimate of drug-likeness (QED) is 0.692. The number of carbonyl (C=O) groups is 1. The number of aromatic amines is 1. The summed E-state index contributed by atoms with van der Waals surface area (Å²) in [4.78, 5) is 16.8. The van der Waals surface area contributed by atoms with Crippen molar-refractivity contribution in [3.63, 3.8) is 0 Å². The van der Waals surface area contributed by atoms with Gasteiger partial charge in [0.05, 0.1) is 6.33 Å². The molecule has 69 valence electrons. The van der Waals surface area contributed by atoms with Crippen LogP contribution in [-0.4, -0.2) is 27.1 Å². The molecular formula is C6H9N3O2Tb. The monoisotopic (exact) mass is 314 g/mol. The van der Waals surface area contributed by atoms with Crippen molar-refractivity contribution in [1.82, 2.24) is 9.97 Å². The van der Waals surface area contributed by atoms with Crippen LogP contribution in [0.25, 0.3) is 0 Å². The molecule has 1 atom stereocenters. The molecule has 1 heterocycles. The first-order valence-electron chi connectivity index (χ1n) is 3.16. The Hall–Kier alpha value is -0.0743. The van der Waals surface area contributed by atoms with E-state index in [1.807, 2.05) is 0 Å². The van der Waals surface area contributed by atoms with Gasteiger partial charge in [0.2, 0.25) is 0 Å². The molecule has 0 amide bonds. The number of aromatic nitrogens is 2. The first kappa shape index (κ1) is 11.9. The summed E-state index contributed by atoms with van der Waals surface area (Å²) in [6, 6.07) is -0.851. The average molecular weight is 314 g/mol. The number of carboxylic acid groups (broad SMARTS) is 1. The van der Waals surface area contributed by atoms with E-state index in [-0.39, 0.29) is 45.0 Å². The number of nitrogens with two attached hydrogens (primary N) is 1. The summed E-state index contributed by atoms with van der Waals surface area (Å²) in [6.45, 7) is 0. The molecular weight excluding hydrogens is 305 g/mol. The molecule has 12 heavy (non-hydrogen) atoms. The van der Waals surface area contributed by atoms with Crippen LogP contribution in [0.4, 0.5) is 0 Å². The second-order valence-corrected chi connectivity index (χ2v) is 2.23. The normalized spacial score (nSPS) is 11.8. The van der Waals surface area contributed by atoms with Crippen LogP contribution in [0.3, 0.4) is 0 Å². The summed E-state index contributed by atoms with van der Waals surface area (Å²) >= 11 is 0. The van der Waals surface area contributed by atoms with E-state index in [2.05, 4.69) is 9.97 Å². The summed E-state index contributed by atoms with van der Waals surface area (Å²) in [6.07, 6.45) is 3.34. The number of rotatable bonds is 3. The number of nitrogens with one attached hydrogen (secondary N) is 1. The summed E-state index contributed by atoms with van der Waals surface area (Å²) in [5.41, 5.74) is 6.00. The average Bonchev–Trinajstić information content (AvgIpc) is 2.39. The summed E-state index contributed by atoms with van der Waals surface area (Å²) in [5, 5.41) is 8.42. The Morgan fingerprint density at radius 2 is 2.50 bits per heavy atom. The zero-order valence-corrected chi connectivity index (χ0v) is 8.29. The zero-order valence-electron chi connectivity index (χ0n) is 6.15. The van der Waals surface area contributed by atoms with Crippen LogP contribution < -0.4 is 5.73 Å². The van der Waals surface area contributed by atoms with E-state index in [1.165, 1.54) is 6.33 Å². The molecule has 0 fully saturated rings. The Morgan fingerprint density at radius 1 is 1.83 bits per heavy atom. The fourth-order valence-corrected chi connectivity index (χ4v) is 0.721. The van der Waals surface area contributed by atoms with Crippen LogP contribution in [0.2, 0.25) is 0 Å². The third-order valence-corrected chi connectivity index (χ3v) is 1.31. The van der Waals surface area contributed by atoms with Gasteiger partial charge >= 0.3 is 5.97 Å². The molecule has 1 radical (unpaired) electrons. The molecule has 0 saturated carbocycles. The Bertz CT molecular complexity index is 237. The van der Waals surface area contributed by atoms with E-state index in [0.29, 0.717) is 0 Å². The van der Waals surface area contributed by atoms with Gasteiger partial charge in [-0.25, -0.2) is 4.98 Å². The Labute approximate surface area is 100 Å². The van der Waals surface area contributed by atoms with E-state index in [1.54, 1.807) is 6.20 Å². The molecule has 0 aliphatic heterocycles. The van der Waals surface area contributed by atoms with Gasteiger partial charge in [-0.05, 0) is 0 Å². The predicted octanol–water partition coefficient (Wildman–Crippen LogP) is -0.636. The third kappa shape index (κ3) is 3.55. The summed E-state index contributed by atoms with van der Waals surface area (Å²) < 4.78 is 0. The maximum absolute atomic E-state index is 10.3. The fourth-order valence-electron chi connectivity index (χ4n) is 0.721. The van der Waals surface area contributed by atoms with Gasteiger partial charge in [0.15, 0.2) is 0 Å². The van der Waals surface area contributed by atoms with Gasteiger partial charge in [-0.3, -0.25) is 4.79 Å². The number of H-pyrrole nitrogens is 1. The maximum atomic E-state index is 10.3. The predicted molar refractivity (Wildman–Crippen MR) is 37.9 cm³/mol. The van der Waals surface area contributed by atoms with Crippen LogP contribution in [0.1, 0.15) is 5.69 Å². The Morgan fingerprint density at radius 3 is 2.92 bits per heavy atom. The number of nitrogens with zero attached hydrogens (tertiary/aromatic N) is 1. The fraction of sp³-hybridized carbons (Fsp3) is 0.333. The standard InChI is InChI=1S/C6H9N3O2.Tb/c7-5(6(10)11)1-4-2-8-3-9-4;/h2-3,5H,1,7H2,(H,8,9)(H,10,11);/t5-;/m1./s1. The van der Waals surface area contributed by atoms with Crippen molar-refractivity contribution in [3.05, 3.63) is 18.2 Å². The largest absolute Gasteiger partial charge is 0.480 e. The molecule has 0 saturated heterocycles. The van der Waals surface area contributed by atoms with Gasteiger partial charge in [-0.15, -0.1) is 0 Å². The number of hydrogen-bond donors (Lipinski definition) is 3. The van der Waals surface area contributed by atoms with Crippen molar-refractivity contribution in [2.24, 2.45) is 5.73 Å². The molecule has 5 nitrogen and oxygen atoms in total. The van der Waals surface area contributed by atoms with E-state index in [4.69, 9.17) is 10.8 Å².